The number of nitrogens with one attached hydrogen (secondary N) is 1. The van der Waals surface area contributed by atoms with Crippen LogP contribution in [-0.4, -0.2) is 40.7 Å². The van der Waals surface area contributed by atoms with Crippen LogP contribution in [0.3, 0.4) is 0 Å². The Morgan fingerprint density at radius 3 is 2.44 bits per heavy atom. The number of benzene rings is 2. The zero-order valence-electron chi connectivity index (χ0n) is 15.4. The zero-order chi connectivity index (χ0) is 19.6. The third-order valence-electron chi connectivity index (χ3n) is 4.05. The first kappa shape index (κ1) is 18.2. The number of fused-ring (bicyclic) bond motifs is 3. The van der Waals surface area contributed by atoms with Crippen molar-refractivity contribution >= 4 is 34.6 Å². The average molecular weight is 366 g/mol. The van der Waals surface area contributed by atoms with Crippen molar-refractivity contribution in [1.29, 1.82) is 0 Å². The molecule has 0 amide bonds. The van der Waals surface area contributed by atoms with Gasteiger partial charge in [-0.3, -0.25) is 14.7 Å². The molecule has 2 heterocycles. The molecule has 4 rings (SSSR count). The quantitative estimate of drug-likeness (QED) is 0.643. The van der Waals surface area contributed by atoms with Gasteiger partial charge in [0.2, 0.25) is 5.95 Å². The molecule has 0 aliphatic carbocycles. The van der Waals surface area contributed by atoms with Crippen molar-refractivity contribution in [3.05, 3.63) is 54.1 Å². The molecular formula is C19H22N6O2. The van der Waals surface area contributed by atoms with Crippen LogP contribution in [0, 0.1) is 0 Å². The number of rotatable bonds is 2. The summed E-state index contributed by atoms with van der Waals surface area (Å²) in [5.74, 6) is 0.273. The average Bonchev–Trinajstić information content (AvgIpc) is 2.98. The lowest BCUT2D eigenvalue weighted by Gasteiger charge is -2.24. The zero-order valence-corrected chi connectivity index (χ0v) is 15.4. The first-order valence-electron chi connectivity index (χ1n) is 8.41. The Morgan fingerprint density at radius 1 is 1.19 bits per heavy atom. The Morgan fingerprint density at radius 2 is 1.81 bits per heavy atom. The number of aliphatic carboxylic acids is 1. The van der Waals surface area contributed by atoms with E-state index in [-0.39, 0.29) is 6.17 Å². The fraction of sp³-hybridized carbons (Fsp3) is 0.211. The fourth-order valence-electron chi connectivity index (χ4n) is 2.88. The van der Waals surface area contributed by atoms with Crippen molar-refractivity contribution in [1.82, 2.24) is 9.55 Å². The first-order chi connectivity index (χ1) is 12.9. The van der Waals surface area contributed by atoms with Gasteiger partial charge in [-0.15, -0.1) is 0 Å². The molecule has 2 aromatic carbocycles. The standard InChI is InChI=1S/C17H18N6.C2H4O2/c1-22(2)12-9-7-11(8-10-12)15-20-16(18)21-17-19-13-5-3-4-6-14(13)23(15)17;1-2(3)4/h3-10,15H,1-2H3,(H3,18,19,20,21);1H3,(H,3,4). The Bertz CT molecular complexity index is 987. The number of aromatic nitrogens is 2. The monoisotopic (exact) mass is 366 g/mol. The van der Waals surface area contributed by atoms with E-state index in [2.05, 4.69) is 49.0 Å². The van der Waals surface area contributed by atoms with Gasteiger partial charge in [0, 0.05) is 26.7 Å². The minimum Gasteiger partial charge on any atom is -0.481 e. The number of hydrogen-bond acceptors (Lipinski definition) is 6. The van der Waals surface area contributed by atoms with Gasteiger partial charge in [-0.25, -0.2) is 9.98 Å². The van der Waals surface area contributed by atoms with Gasteiger partial charge >= 0.3 is 0 Å². The van der Waals surface area contributed by atoms with Gasteiger partial charge in [-0.05, 0) is 29.8 Å². The number of anilines is 2. The summed E-state index contributed by atoms with van der Waals surface area (Å²) in [6, 6.07) is 16.4. The molecule has 0 saturated heterocycles. The minimum atomic E-state index is -0.833. The van der Waals surface area contributed by atoms with E-state index in [1.165, 1.54) is 0 Å². The van der Waals surface area contributed by atoms with Gasteiger partial charge in [-0.2, -0.15) is 0 Å². The molecule has 0 fully saturated rings. The molecular weight excluding hydrogens is 344 g/mol. The van der Waals surface area contributed by atoms with Crippen LogP contribution in [0.5, 0.6) is 0 Å². The highest BCUT2D eigenvalue weighted by atomic mass is 16.4. The van der Waals surface area contributed by atoms with Crippen LogP contribution in [0.15, 0.2) is 53.5 Å². The Labute approximate surface area is 156 Å². The topological polar surface area (TPSA) is 109 Å². The highest BCUT2D eigenvalue weighted by Gasteiger charge is 2.24. The van der Waals surface area contributed by atoms with E-state index in [0.29, 0.717) is 5.96 Å². The number of hydrogen-bond donors (Lipinski definition) is 3. The van der Waals surface area contributed by atoms with E-state index in [4.69, 9.17) is 15.6 Å². The summed E-state index contributed by atoms with van der Waals surface area (Å²) in [6.45, 7) is 1.08. The van der Waals surface area contributed by atoms with Gasteiger partial charge in [0.25, 0.3) is 5.97 Å². The third kappa shape index (κ3) is 3.84. The highest BCUT2D eigenvalue weighted by molar-refractivity contribution is 5.94. The van der Waals surface area contributed by atoms with Crippen molar-refractivity contribution in [3.8, 4) is 0 Å². The normalized spacial score (nSPS) is 15.1. The Kier molecular flexibility index (Phi) is 4.98. The summed E-state index contributed by atoms with van der Waals surface area (Å²) in [6.07, 6.45) is -0.213. The number of aliphatic imine (C=N–C) groups is 1. The van der Waals surface area contributed by atoms with Gasteiger partial charge in [0.1, 0.15) is 0 Å². The fourth-order valence-corrected chi connectivity index (χ4v) is 2.88. The number of nitrogens with zero attached hydrogens (tertiary/aromatic N) is 4. The molecule has 8 nitrogen and oxygen atoms in total. The predicted molar refractivity (Wildman–Crippen MR) is 107 cm³/mol. The molecule has 27 heavy (non-hydrogen) atoms. The van der Waals surface area contributed by atoms with Crippen LogP contribution >= 0.6 is 0 Å². The summed E-state index contributed by atoms with van der Waals surface area (Å²) in [4.78, 5) is 20.3. The van der Waals surface area contributed by atoms with Gasteiger partial charge in [0.05, 0.1) is 11.0 Å². The van der Waals surface area contributed by atoms with Crippen molar-refractivity contribution < 1.29 is 9.90 Å². The largest absolute Gasteiger partial charge is 0.481 e. The summed E-state index contributed by atoms with van der Waals surface area (Å²) in [5, 5.41) is 10.5. The molecule has 4 N–H and O–H groups in total. The molecule has 1 aromatic heterocycles. The first-order valence-corrected chi connectivity index (χ1v) is 8.41. The van der Waals surface area contributed by atoms with Crippen LogP contribution in [0.25, 0.3) is 11.0 Å². The number of guanidine groups is 1. The van der Waals surface area contributed by atoms with E-state index in [9.17, 15) is 0 Å². The van der Waals surface area contributed by atoms with E-state index in [0.717, 1.165) is 35.2 Å². The molecule has 140 valence electrons. The van der Waals surface area contributed by atoms with E-state index < -0.39 is 5.97 Å². The third-order valence-corrected chi connectivity index (χ3v) is 4.05. The lowest BCUT2D eigenvalue weighted by atomic mass is 10.1. The maximum absolute atomic E-state index is 9.00. The summed E-state index contributed by atoms with van der Waals surface area (Å²) in [5.41, 5.74) is 10.1. The Balaban J connectivity index is 0.000000481. The highest BCUT2D eigenvalue weighted by Crippen LogP contribution is 2.32. The second-order valence-electron chi connectivity index (χ2n) is 6.31. The van der Waals surface area contributed by atoms with Gasteiger partial charge in [-0.1, -0.05) is 24.3 Å². The van der Waals surface area contributed by atoms with E-state index >= 15 is 0 Å². The molecule has 1 aliphatic rings. The molecule has 3 aromatic rings. The van der Waals surface area contributed by atoms with Crippen molar-refractivity contribution in [2.24, 2.45) is 10.7 Å². The molecule has 1 unspecified atom stereocenters. The molecule has 8 heteroatoms. The summed E-state index contributed by atoms with van der Waals surface area (Å²) < 4.78 is 2.08. The van der Waals surface area contributed by atoms with Crippen LogP contribution < -0.4 is 16.0 Å². The molecule has 1 aliphatic heterocycles. The van der Waals surface area contributed by atoms with Crippen LogP contribution in [0.1, 0.15) is 18.7 Å². The van der Waals surface area contributed by atoms with Crippen molar-refractivity contribution in [2.75, 3.05) is 24.3 Å². The van der Waals surface area contributed by atoms with Crippen molar-refractivity contribution in [3.63, 3.8) is 0 Å². The maximum atomic E-state index is 9.00. The maximum Gasteiger partial charge on any atom is 0.300 e. The predicted octanol–water partition coefficient (Wildman–Crippen LogP) is 2.48. The molecule has 0 bridgehead atoms. The van der Waals surface area contributed by atoms with E-state index in [1.807, 2.05) is 38.4 Å². The number of nitrogens with two attached hydrogens (primary N) is 1. The van der Waals surface area contributed by atoms with Crippen molar-refractivity contribution in [2.45, 2.75) is 13.1 Å². The number of carboxylic acid groups (broad SMARTS) is 1. The SMILES string of the molecule is CC(=O)O.CN(C)c1ccc(C2N=C(N)Nc3nc4ccccc4n32)cc1. The van der Waals surface area contributed by atoms with Crippen LogP contribution in [0.4, 0.5) is 11.6 Å². The smallest absolute Gasteiger partial charge is 0.300 e. The summed E-state index contributed by atoms with van der Waals surface area (Å²) in [7, 11) is 4.05. The lowest BCUT2D eigenvalue weighted by Crippen LogP contribution is -2.31. The number of carboxylic acids is 1. The Hall–Kier alpha value is -3.55. The van der Waals surface area contributed by atoms with Gasteiger partial charge in [0.15, 0.2) is 12.1 Å². The molecule has 1 atom stereocenters. The van der Waals surface area contributed by atoms with Gasteiger partial charge < -0.3 is 15.7 Å². The summed E-state index contributed by atoms with van der Waals surface area (Å²) >= 11 is 0. The number of para-hydroxylation sites is 2. The lowest BCUT2D eigenvalue weighted by molar-refractivity contribution is -0.134. The number of carbonyl (C=O) groups is 1. The van der Waals surface area contributed by atoms with Crippen LogP contribution in [0.2, 0.25) is 0 Å². The van der Waals surface area contributed by atoms with Crippen LogP contribution in [-0.2, 0) is 4.79 Å². The molecule has 0 saturated carbocycles. The molecule has 0 spiro atoms. The number of imidazole rings is 1. The molecule has 0 radical (unpaired) electrons. The second kappa shape index (κ2) is 7.36. The minimum absolute atomic E-state index is 0.213. The second-order valence-corrected chi connectivity index (χ2v) is 6.31. The van der Waals surface area contributed by atoms with E-state index in [1.54, 1.807) is 0 Å².